The molecule has 0 saturated carbocycles. The van der Waals surface area contributed by atoms with Gasteiger partial charge in [-0.25, -0.2) is 13.1 Å². The zero-order valence-electron chi connectivity index (χ0n) is 20.1. The summed E-state index contributed by atoms with van der Waals surface area (Å²) >= 11 is 0. The number of aromatic nitrogens is 2. The largest absolute Gasteiger partial charge is 0.446 e. The molecule has 0 spiro atoms. The van der Waals surface area contributed by atoms with Crippen molar-refractivity contribution in [2.75, 3.05) is 26.3 Å². The molecule has 0 unspecified atom stereocenters. The van der Waals surface area contributed by atoms with Gasteiger partial charge in [0.2, 0.25) is 15.9 Å². The second kappa shape index (κ2) is 9.34. The topological polar surface area (TPSA) is 86.0 Å². The Morgan fingerprint density at radius 1 is 0.923 bits per heavy atom. The zero-order chi connectivity index (χ0) is 28.2. The molecule has 0 N–H and O–H groups in total. The third-order valence-corrected chi connectivity index (χ3v) is 8.23. The van der Waals surface area contributed by atoms with Gasteiger partial charge in [-0.2, -0.15) is 40.7 Å². The summed E-state index contributed by atoms with van der Waals surface area (Å²) < 4.78 is 125. The van der Waals surface area contributed by atoms with Crippen LogP contribution in [0.15, 0.2) is 64.5 Å². The summed E-state index contributed by atoms with van der Waals surface area (Å²) in [4.78, 5) is 3.69. The molecule has 1 aromatic heterocycles. The molecule has 5 rings (SSSR count). The Labute approximate surface area is 218 Å². The Kier molecular flexibility index (Phi) is 6.50. The van der Waals surface area contributed by atoms with Crippen molar-refractivity contribution >= 4 is 21.7 Å². The third-order valence-electron chi connectivity index (χ3n) is 6.33. The molecule has 2 aliphatic rings. The van der Waals surface area contributed by atoms with E-state index in [1.54, 1.807) is 6.07 Å². The number of halogens is 6. The lowest BCUT2D eigenvalue weighted by Gasteiger charge is -2.39. The number of hydrogen-bond acceptors (Lipinski definition) is 6. The molecule has 2 aliphatic heterocycles. The average molecular weight is 575 g/mol. The van der Waals surface area contributed by atoms with Crippen LogP contribution in [0.5, 0.6) is 0 Å². The molecule has 1 saturated heterocycles. The highest BCUT2D eigenvalue weighted by molar-refractivity contribution is 7.89. The summed E-state index contributed by atoms with van der Waals surface area (Å²) in [6, 6.07) is 12.0. The van der Waals surface area contributed by atoms with Gasteiger partial charge in [-0.05, 0) is 37.3 Å². The number of ether oxygens (including phenoxy) is 2. The highest BCUT2D eigenvalue weighted by atomic mass is 32.2. The van der Waals surface area contributed by atoms with E-state index in [-0.39, 0.29) is 36.9 Å². The van der Waals surface area contributed by atoms with Gasteiger partial charge in [0.15, 0.2) is 5.82 Å². The number of hydrogen-bond donors (Lipinski definition) is 0. The Morgan fingerprint density at radius 2 is 1.56 bits per heavy atom. The number of benzene rings is 2. The minimum Gasteiger partial charge on any atom is -0.446 e. The summed E-state index contributed by atoms with van der Waals surface area (Å²) in [5, 5.41) is 3.95. The Bertz CT molecular complexity index is 1510. The van der Waals surface area contributed by atoms with Crippen molar-refractivity contribution in [3.8, 4) is 5.69 Å². The van der Waals surface area contributed by atoms with E-state index >= 15 is 0 Å². The Morgan fingerprint density at radius 3 is 2.18 bits per heavy atom. The Hall–Kier alpha value is -3.43. The number of morpholine rings is 1. The fraction of sp³-hybridized carbons (Fsp3) is 0.333. The van der Waals surface area contributed by atoms with Crippen molar-refractivity contribution in [2.24, 2.45) is 4.99 Å². The predicted molar refractivity (Wildman–Crippen MR) is 125 cm³/mol. The maximum absolute atomic E-state index is 14.5. The van der Waals surface area contributed by atoms with Gasteiger partial charge in [-0.3, -0.25) is 0 Å². The number of para-hydroxylation sites is 1. The Balaban J connectivity index is 1.73. The standard InChI is InChI=1S/C24H20F6N4O4S/c1-15-19-20(34(32-15)17-7-3-2-4-8-17)31-21(38-22(19,23(25,26)27)24(28,29)30)16-6-5-9-18(14-16)39(35,36)33-10-12-37-13-11-33/h2-9,14H,10-13H2,1H3. The van der Waals surface area contributed by atoms with Crippen molar-refractivity contribution in [1.29, 1.82) is 0 Å². The number of fused-ring (bicyclic) bond motifs is 1. The van der Waals surface area contributed by atoms with E-state index in [0.717, 1.165) is 28.0 Å². The molecule has 2 aromatic carbocycles. The second-order valence-corrected chi connectivity index (χ2v) is 10.7. The number of sulfonamides is 1. The monoisotopic (exact) mass is 574 g/mol. The zero-order valence-corrected chi connectivity index (χ0v) is 20.9. The first-order chi connectivity index (χ1) is 18.3. The molecule has 3 aromatic rings. The van der Waals surface area contributed by atoms with Crippen molar-refractivity contribution in [2.45, 2.75) is 29.8 Å². The molecular formula is C24H20F6N4O4S. The molecule has 0 aliphatic carbocycles. The van der Waals surface area contributed by atoms with Gasteiger partial charge >= 0.3 is 18.0 Å². The lowest BCUT2D eigenvalue weighted by Crippen LogP contribution is -2.58. The van der Waals surface area contributed by atoms with Gasteiger partial charge in [0.1, 0.15) is 0 Å². The van der Waals surface area contributed by atoms with E-state index in [1.165, 1.54) is 36.4 Å². The molecule has 0 bridgehead atoms. The molecule has 39 heavy (non-hydrogen) atoms. The van der Waals surface area contributed by atoms with Crippen molar-refractivity contribution in [3.05, 3.63) is 71.4 Å². The number of aliphatic imine (C=N–C) groups is 1. The first-order valence-electron chi connectivity index (χ1n) is 11.5. The number of aryl methyl sites for hydroxylation is 1. The first kappa shape index (κ1) is 27.1. The SMILES string of the molecule is Cc1nn(-c2ccccc2)c2c1C(C(F)(F)F)(C(F)(F)F)OC(c1cccc(S(=O)(=O)N3CCOCC3)c1)=N2. The molecule has 3 heterocycles. The molecule has 15 heteroatoms. The van der Waals surface area contributed by atoms with Crippen LogP contribution in [0.25, 0.3) is 5.69 Å². The van der Waals surface area contributed by atoms with E-state index in [9.17, 15) is 34.8 Å². The van der Waals surface area contributed by atoms with E-state index in [2.05, 4.69) is 10.1 Å². The van der Waals surface area contributed by atoms with Crippen molar-refractivity contribution in [3.63, 3.8) is 0 Å². The molecule has 8 nitrogen and oxygen atoms in total. The molecule has 208 valence electrons. The van der Waals surface area contributed by atoms with Gasteiger partial charge < -0.3 is 9.47 Å². The van der Waals surface area contributed by atoms with E-state index in [0.29, 0.717) is 0 Å². The van der Waals surface area contributed by atoms with Crippen LogP contribution in [-0.2, 0) is 25.1 Å². The highest BCUT2D eigenvalue weighted by Gasteiger charge is 2.77. The molecular weight excluding hydrogens is 554 g/mol. The summed E-state index contributed by atoms with van der Waals surface area (Å²) in [5.41, 5.74) is -6.94. The van der Waals surface area contributed by atoms with Gasteiger partial charge in [0, 0.05) is 18.7 Å². The quantitative estimate of drug-likeness (QED) is 0.425. The average Bonchev–Trinajstić information content (AvgIpc) is 3.24. The predicted octanol–water partition coefficient (Wildman–Crippen LogP) is 4.63. The van der Waals surface area contributed by atoms with Crippen LogP contribution in [0.1, 0.15) is 16.8 Å². The third kappa shape index (κ3) is 4.37. The summed E-state index contributed by atoms with van der Waals surface area (Å²) in [7, 11) is -4.14. The molecule has 0 atom stereocenters. The summed E-state index contributed by atoms with van der Waals surface area (Å²) in [6.45, 7) is 1.35. The van der Waals surface area contributed by atoms with E-state index in [1.807, 2.05) is 0 Å². The molecule has 0 radical (unpaired) electrons. The van der Waals surface area contributed by atoms with Crippen LogP contribution < -0.4 is 0 Å². The smallest absolute Gasteiger partial charge is 0.442 e. The summed E-state index contributed by atoms with van der Waals surface area (Å²) in [6.07, 6.45) is -12.0. The van der Waals surface area contributed by atoms with Crippen LogP contribution >= 0.6 is 0 Å². The van der Waals surface area contributed by atoms with Crippen LogP contribution in [0.3, 0.4) is 0 Å². The van der Waals surface area contributed by atoms with Gasteiger partial charge in [0.05, 0.1) is 35.1 Å². The fourth-order valence-electron chi connectivity index (χ4n) is 4.50. The maximum atomic E-state index is 14.5. The number of alkyl halides is 6. The van der Waals surface area contributed by atoms with Gasteiger partial charge in [0.25, 0.3) is 0 Å². The fourth-order valence-corrected chi connectivity index (χ4v) is 5.96. The van der Waals surface area contributed by atoms with E-state index < -0.39 is 56.5 Å². The first-order valence-corrected chi connectivity index (χ1v) is 13.0. The van der Waals surface area contributed by atoms with Crippen LogP contribution in [0.2, 0.25) is 0 Å². The minimum absolute atomic E-state index is 0.0359. The second-order valence-electron chi connectivity index (χ2n) is 8.77. The molecule has 1 fully saturated rings. The van der Waals surface area contributed by atoms with Gasteiger partial charge in [-0.1, -0.05) is 24.3 Å². The number of rotatable bonds is 4. The summed E-state index contributed by atoms with van der Waals surface area (Å²) in [5.74, 6) is -1.80. The van der Waals surface area contributed by atoms with Crippen molar-refractivity contribution in [1.82, 2.24) is 14.1 Å². The van der Waals surface area contributed by atoms with Crippen LogP contribution in [0, 0.1) is 6.92 Å². The van der Waals surface area contributed by atoms with Gasteiger partial charge in [-0.15, -0.1) is 0 Å². The molecule has 0 amide bonds. The normalized spacial score (nSPS) is 18.3. The van der Waals surface area contributed by atoms with E-state index in [4.69, 9.17) is 9.47 Å². The van der Waals surface area contributed by atoms with Crippen LogP contribution in [0.4, 0.5) is 32.2 Å². The lowest BCUT2D eigenvalue weighted by atomic mass is 9.90. The number of nitrogens with zero attached hydrogens (tertiary/aromatic N) is 4. The highest BCUT2D eigenvalue weighted by Crippen LogP contribution is 2.58. The lowest BCUT2D eigenvalue weighted by molar-refractivity contribution is -0.370. The van der Waals surface area contributed by atoms with Crippen molar-refractivity contribution < 1.29 is 44.2 Å². The minimum atomic E-state index is -5.99. The van der Waals surface area contributed by atoms with Crippen LogP contribution in [-0.4, -0.2) is 67.1 Å². The maximum Gasteiger partial charge on any atom is 0.442 e.